The van der Waals surface area contributed by atoms with Crippen LogP contribution in [-0.4, -0.2) is 6.54 Å². The Morgan fingerprint density at radius 3 is 2.93 bits per heavy atom. The van der Waals surface area contributed by atoms with Crippen LogP contribution in [0.5, 0.6) is 0 Å². The van der Waals surface area contributed by atoms with Crippen LogP contribution in [0.3, 0.4) is 0 Å². The molecule has 2 aromatic heterocycles. The van der Waals surface area contributed by atoms with Gasteiger partial charge in [0.2, 0.25) is 0 Å². The second-order valence-corrected chi connectivity index (χ2v) is 5.01. The summed E-state index contributed by atoms with van der Waals surface area (Å²) in [7, 11) is 0. The molecule has 0 bridgehead atoms. The van der Waals surface area contributed by atoms with Gasteiger partial charge in [0.1, 0.15) is 5.76 Å². The van der Waals surface area contributed by atoms with E-state index in [9.17, 15) is 0 Å². The maximum Gasteiger partial charge on any atom is 0.105 e. The summed E-state index contributed by atoms with van der Waals surface area (Å²) < 4.78 is 6.08. The Bertz CT molecular complexity index is 396. The highest BCUT2D eigenvalue weighted by Gasteiger charge is 1.98. The van der Waals surface area contributed by atoms with Gasteiger partial charge >= 0.3 is 0 Å². The van der Waals surface area contributed by atoms with E-state index in [-0.39, 0.29) is 0 Å². The van der Waals surface area contributed by atoms with Crippen LogP contribution in [0.25, 0.3) is 0 Å². The topological polar surface area (TPSA) is 25.2 Å². The molecule has 1 N–H and O–H groups in total. The number of rotatable bonds is 5. The summed E-state index contributed by atoms with van der Waals surface area (Å²) in [6.07, 6.45) is 2.63. The van der Waals surface area contributed by atoms with Gasteiger partial charge in [-0.15, -0.1) is 11.3 Å². The third-order valence-corrected chi connectivity index (χ3v) is 3.29. The smallest absolute Gasteiger partial charge is 0.105 e. The number of hydrogen-bond donors (Lipinski definition) is 1. The summed E-state index contributed by atoms with van der Waals surface area (Å²) in [6.45, 7) is 1.79. The Hall–Kier alpha value is -0.770. The number of furan rings is 1. The molecule has 2 nitrogen and oxygen atoms in total. The van der Waals surface area contributed by atoms with Crippen LogP contribution in [0.2, 0.25) is 4.34 Å². The fraction of sp³-hybridized carbons (Fsp3) is 0.273. The van der Waals surface area contributed by atoms with Gasteiger partial charge in [-0.1, -0.05) is 11.6 Å². The van der Waals surface area contributed by atoms with Crippen molar-refractivity contribution < 1.29 is 4.42 Å². The minimum atomic E-state index is 0.845. The molecule has 15 heavy (non-hydrogen) atoms. The molecule has 0 aliphatic carbocycles. The zero-order chi connectivity index (χ0) is 10.5. The van der Waals surface area contributed by atoms with Crippen molar-refractivity contribution in [2.45, 2.75) is 13.0 Å². The Morgan fingerprint density at radius 2 is 2.27 bits per heavy atom. The number of thiophene rings is 1. The van der Waals surface area contributed by atoms with E-state index in [1.165, 1.54) is 4.88 Å². The molecule has 0 aliphatic heterocycles. The Kier molecular flexibility index (Phi) is 3.83. The minimum absolute atomic E-state index is 0.845. The lowest BCUT2D eigenvalue weighted by molar-refractivity contribution is 0.499. The number of hydrogen-bond acceptors (Lipinski definition) is 3. The molecule has 0 aliphatic rings. The Morgan fingerprint density at radius 1 is 1.33 bits per heavy atom. The lowest BCUT2D eigenvalue weighted by Crippen LogP contribution is -2.15. The summed E-state index contributed by atoms with van der Waals surface area (Å²) in [6, 6.07) is 7.88. The van der Waals surface area contributed by atoms with E-state index >= 15 is 0 Å². The van der Waals surface area contributed by atoms with Gasteiger partial charge < -0.3 is 9.73 Å². The van der Waals surface area contributed by atoms with E-state index in [0.717, 1.165) is 29.6 Å². The lowest BCUT2D eigenvalue weighted by atomic mass is 10.3. The molecule has 0 radical (unpaired) electrons. The van der Waals surface area contributed by atoms with Crippen molar-refractivity contribution in [2.75, 3.05) is 6.54 Å². The van der Waals surface area contributed by atoms with Gasteiger partial charge in [-0.2, -0.15) is 0 Å². The summed E-state index contributed by atoms with van der Waals surface area (Å²) >= 11 is 7.45. The third kappa shape index (κ3) is 3.38. The van der Waals surface area contributed by atoms with Crippen LogP contribution in [0.1, 0.15) is 10.6 Å². The molecule has 0 aromatic carbocycles. The van der Waals surface area contributed by atoms with Gasteiger partial charge in [-0.05, 0) is 24.3 Å². The molecule has 0 unspecified atom stereocenters. The Balaban J connectivity index is 1.67. The van der Waals surface area contributed by atoms with Crippen LogP contribution in [0, 0.1) is 0 Å². The molecule has 80 valence electrons. The van der Waals surface area contributed by atoms with Crippen molar-refractivity contribution in [3.8, 4) is 0 Å². The van der Waals surface area contributed by atoms with Crippen LogP contribution in [-0.2, 0) is 13.0 Å². The number of halogens is 1. The first-order chi connectivity index (χ1) is 7.34. The zero-order valence-corrected chi connectivity index (χ0v) is 9.77. The van der Waals surface area contributed by atoms with E-state index in [0.29, 0.717) is 0 Å². The molecule has 2 rings (SSSR count). The second-order valence-electron chi connectivity index (χ2n) is 3.21. The highest BCUT2D eigenvalue weighted by molar-refractivity contribution is 7.16. The van der Waals surface area contributed by atoms with E-state index in [1.54, 1.807) is 17.6 Å². The standard InChI is InChI=1S/C11H12ClNOS/c12-11-4-3-10(15-11)8-13-6-5-9-2-1-7-14-9/h1-4,7,13H,5-6,8H2. The quantitative estimate of drug-likeness (QED) is 0.813. The lowest BCUT2D eigenvalue weighted by Gasteiger charge is -2.00. The minimum Gasteiger partial charge on any atom is -0.469 e. The summed E-state index contributed by atoms with van der Waals surface area (Å²) in [5.41, 5.74) is 0. The highest BCUT2D eigenvalue weighted by Crippen LogP contribution is 2.20. The molecule has 4 heteroatoms. The monoisotopic (exact) mass is 241 g/mol. The van der Waals surface area contributed by atoms with Crippen molar-refractivity contribution in [3.63, 3.8) is 0 Å². The molecule has 0 saturated carbocycles. The van der Waals surface area contributed by atoms with Crippen LogP contribution >= 0.6 is 22.9 Å². The summed E-state index contributed by atoms with van der Waals surface area (Å²) in [5, 5.41) is 3.35. The zero-order valence-electron chi connectivity index (χ0n) is 8.20. The van der Waals surface area contributed by atoms with Crippen LogP contribution < -0.4 is 5.32 Å². The molecule has 0 fully saturated rings. The summed E-state index contributed by atoms with van der Waals surface area (Å²) in [5.74, 6) is 1.02. The van der Waals surface area contributed by atoms with Gasteiger partial charge in [0, 0.05) is 24.4 Å². The van der Waals surface area contributed by atoms with Crippen molar-refractivity contribution in [1.29, 1.82) is 0 Å². The maximum atomic E-state index is 5.83. The second kappa shape index (κ2) is 5.35. The van der Waals surface area contributed by atoms with Gasteiger partial charge in [-0.3, -0.25) is 0 Å². The van der Waals surface area contributed by atoms with Gasteiger partial charge in [0.25, 0.3) is 0 Å². The van der Waals surface area contributed by atoms with E-state index in [1.807, 2.05) is 24.3 Å². The molecule has 0 atom stereocenters. The fourth-order valence-corrected chi connectivity index (χ4v) is 2.38. The first-order valence-electron chi connectivity index (χ1n) is 4.82. The molecule has 0 spiro atoms. The van der Waals surface area contributed by atoms with Crippen molar-refractivity contribution in [2.24, 2.45) is 0 Å². The third-order valence-electron chi connectivity index (χ3n) is 2.06. The summed E-state index contributed by atoms with van der Waals surface area (Å²) in [4.78, 5) is 1.26. The number of nitrogens with one attached hydrogen (secondary N) is 1. The first kappa shape index (κ1) is 10.7. The predicted molar refractivity (Wildman–Crippen MR) is 63.4 cm³/mol. The van der Waals surface area contributed by atoms with Gasteiger partial charge in [0.15, 0.2) is 0 Å². The highest BCUT2D eigenvalue weighted by atomic mass is 35.5. The normalized spacial score (nSPS) is 10.7. The van der Waals surface area contributed by atoms with Crippen LogP contribution in [0.15, 0.2) is 34.9 Å². The first-order valence-corrected chi connectivity index (χ1v) is 6.01. The average Bonchev–Trinajstić information content (AvgIpc) is 2.84. The largest absolute Gasteiger partial charge is 0.469 e. The Labute approximate surface area is 97.9 Å². The van der Waals surface area contributed by atoms with Gasteiger partial charge in [0.05, 0.1) is 10.6 Å². The van der Waals surface area contributed by atoms with Crippen molar-refractivity contribution >= 4 is 22.9 Å². The molecule has 2 heterocycles. The average molecular weight is 242 g/mol. The predicted octanol–water partition coefficient (Wildman–Crippen LogP) is 3.33. The van der Waals surface area contributed by atoms with Crippen molar-refractivity contribution in [1.82, 2.24) is 5.32 Å². The fourth-order valence-electron chi connectivity index (χ4n) is 1.32. The molecule has 0 saturated heterocycles. The van der Waals surface area contributed by atoms with Crippen molar-refractivity contribution in [3.05, 3.63) is 45.5 Å². The SMILES string of the molecule is Clc1ccc(CNCCc2ccco2)s1. The molecule has 0 amide bonds. The molecule has 2 aromatic rings. The van der Waals surface area contributed by atoms with E-state index < -0.39 is 0 Å². The molecular weight excluding hydrogens is 230 g/mol. The maximum absolute atomic E-state index is 5.83. The van der Waals surface area contributed by atoms with Gasteiger partial charge in [-0.25, -0.2) is 0 Å². The molecular formula is C11H12ClNOS. The van der Waals surface area contributed by atoms with E-state index in [4.69, 9.17) is 16.0 Å². The van der Waals surface area contributed by atoms with Crippen LogP contribution in [0.4, 0.5) is 0 Å². The van der Waals surface area contributed by atoms with E-state index in [2.05, 4.69) is 5.32 Å².